The molecule has 2 aromatic heterocycles. The van der Waals surface area contributed by atoms with E-state index in [2.05, 4.69) is 74.6 Å². The van der Waals surface area contributed by atoms with Crippen molar-refractivity contribution in [3.05, 3.63) is 54.4 Å². The summed E-state index contributed by atoms with van der Waals surface area (Å²) in [6, 6.07) is 15.8. The number of rotatable bonds is 4. The molecule has 0 aliphatic heterocycles. The van der Waals surface area contributed by atoms with Crippen LogP contribution in [0.1, 0.15) is 26.5 Å². The first-order valence-electron chi connectivity index (χ1n) is 9.44. The first kappa shape index (κ1) is 16.9. The zero-order valence-corrected chi connectivity index (χ0v) is 18.5. The molecule has 2 aromatic carbocycles. The van der Waals surface area contributed by atoms with Crippen molar-refractivity contribution in [2.24, 2.45) is 0 Å². The van der Waals surface area contributed by atoms with Crippen LogP contribution < -0.4 is 3.58 Å². The summed E-state index contributed by atoms with van der Waals surface area (Å²) in [5, 5.41) is 4.15. The van der Waals surface area contributed by atoms with Gasteiger partial charge in [0.1, 0.15) is 0 Å². The summed E-state index contributed by atoms with van der Waals surface area (Å²) < 4.78 is 8.11. The fourth-order valence-electron chi connectivity index (χ4n) is 4.59. The van der Waals surface area contributed by atoms with Crippen molar-refractivity contribution in [2.75, 3.05) is 0 Å². The number of benzene rings is 2. The molecule has 4 aromatic rings. The molecule has 0 unspecified atom stereocenters. The molecule has 0 atom stereocenters. The Hall–Kier alpha value is -1.55. The number of nitrogens with zero attached hydrogens (tertiary/aromatic N) is 2. The molecule has 0 saturated carbocycles. The zero-order chi connectivity index (χ0) is 17.6. The first-order valence-corrected chi connectivity index (χ1v) is 16.9. The number of aryl methyl sites for hydroxylation is 1. The van der Waals surface area contributed by atoms with Gasteiger partial charge < -0.3 is 0 Å². The topological polar surface area (TPSA) is 17.3 Å². The molecule has 0 fully saturated rings. The van der Waals surface area contributed by atoms with Gasteiger partial charge in [-0.2, -0.15) is 0 Å². The van der Waals surface area contributed by atoms with Crippen LogP contribution >= 0.6 is 0 Å². The zero-order valence-electron chi connectivity index (χ0n) is 15.6. The van der Waals surface area contributed by atoms with Gasteiger partial charge in [-0.3, -0.25) is 0 Å². The minimum atomic E-state index is -2.39. The fraction of sp³-hybridized carbons (Fsp3) is 0.318. The molecule has 0 bridgehead atoms. The fourth-order valence-corrected chi connectivity index (χ4v) is 15.6. The van der Waals surface area contributed by atoms with Gasteiger partial charge in [0.25, 0.3) is 0 Å². The van der Waals surface area contributed by atoms with Gasteiger partial charge in [-0.05, 0) is 0 Å². The summed E-state index contributed by atoms with van der Waals surface area (Å²) in [4.78, 5) is 4.87. The predicted molar refractivity (Wildman–Crippen MR) is 112 cm³/mol. The molecule has 0 aliphatic carbocycles. The minimum absolute atomic E-state index is 1.15. The molecule has 0 amide bonds. The van der Waals surface area contributed by atoms with Crippen LogP contribution in [0.25, 0.3) is 27.3 Å². The Morgan fingerprint density at radius 3 is 2.28 bits per heavy atom. The second-order valence-corrected chi connectivity index (χ2v) is 22.0. The number of pyridine rings is 1. The second kappa shape index (κ2) is 6.31. The molecular weight excluding hydrogens is 411 g/mol. The summed E-state index contributed by atoms with van der Waals surface area (Å²) in [5.41, 5.74) is 3.63. The van der Waals surface area contributed by atoms with Gasteiger partial charge in [-0.25, -0.2) is 0 Å². The van der Waals surface area contributed by atoms with Crippen molar-refractivity contribution in [1.29, 1.82) is 0 Å². The number of fused-ring (bicyclic) bond motifs is 6. The number of hydrogen-bond acceptors (Lipinski definition) is 1. The SMILES string of the molecule is C[CH2][Sn]([CH2]C)([CH2]C)[c]1cccc2c3ccccc3n3c(C)cnc3c12. The number of para-hydroxylation sites is 1. The Balaban J connectivity index is 2.29. The molecule has 2 nitrogen and oxygen atoms in total. The predicted octanol–water partition coefficient (Wildman–Crippen LogP) is 5.66. The Morgan fingerprint density at radius 2 is 1.56 bits per heavy atom. The molecule has 0 aliphatic rings. The Labute approximate surface area is 153 Å². The molecule has 0 saturated heterocycles. The van der Waals surface area contributed by atoms with Crippen molar-refractivity contribution in [2.45, 2.75) is 41.0 Å². The van der Waals surface area contributed by atoms with Crippen LogP contribution in [0.3, 0.4) is 0 Å². The average Bonchev–Trinajstić information content (AvgIpc) is 3.06. The molecular formula is C22H26N2Sn. The summed E-state index contributed by atoms with van der Waals surface area (Å²) in [6.07, 6.45) is 2.03. The molecule has 3 heteroatoms. The average molecular weight is 437 g/mol. The normalized spacial score (nSPS) is 12.5. The third-order valence-corrected chi connectivity index (χ3v) is 22.3. The van der Waals surface area contributed by atoms with Gasteiger partial charge in [-0.1, -0.05) is 0 Å². The quantitative estimate of drug-likeness (QED) is 0.297. The van der Waals surface area contributed by atoms with E-state index in [0.717, 1.165) is 5.65 Å². The maximum absolute atomic E-state index is 4.87. The van der Waals surface area contributed by atoms with E-state index in [1.165, 1.54) is 40.7 Å². The molecule has 0 spiro atoms. The van der Waals surface area contributed by atoms with E-state index >= 15 is 0 Å². The van der Waals surface area contributed by atoms with E-state index < -0.39 is 18.4 Å². The van der Waals surface area contributed by atoms with Gasteiger partial charge in [0.15, 0.2) is 0 Å². The van der Waals surface area contributed by atoms with E-state index in [0.29, 0.717) is 0 Å². The summed E-state index contributed by atoms with van der Waals surface area (Å²) in [5.74, 6) is 0. The van der Waals surface area contributed by atoms with E-state index in [-0.39, 0.29) is 0 Å². The van der Waals surface area contributed by atoms with Crippen LogP contribution in [0, 0.1) is 6.92 Å². The monoisotopic (exact) mass is 438 g/mol. The Bertz CT molecular complexity index is 1070. The van der Waals surface area contributed by atoms with Crippen molar-refractivity contribution >= 4 is 49.3 Å². The summed E-state index contributed by atoms with van der Waals surface area (Å²) in [7, 11) is 0. The van der Waals surface area contributed by atoms with E-state index in [4.69, 9.17) is 4.98 Å². The van der Waals surface area contributed by atoms with Crippen molar-refractivity contribution in [1.82, 2.24) is 9.38 Å². The van der Waals surface area contributed by atoms with Gasteiger partial charge in [0, 0.05) is 0 Å². The van der Waals surface area contributed by atoms with Crippen molar-refractivity contribution in [3.8, 4) is 0 Å². The van der Waals surface area contributed by atoms with Crippen LogP contribution in [0.5, 0.6) is 0 Å². The van der Waals surface area contributed by atoms with Crippen LogP contribution in [0.4, 0.5) is 0 Å². The van der Waals surface area contributed by atoms with E-state index in [9.17, 15) is 0 Å². The van der Waals surface area contributed by atoms with Crippen LogP contribution in [-0.2, 0) is 0 Å². The van der Waals surface area contributed by atoms with Gasteiger partial charge in [0.2, 0.25) is 0 Å². The third kappa shape index (κ3) is 2.33. The van der Waals surface area contributed by atoms with E-state index in [1.807, 2.05) is 6.20 Å². The molecule has 128 valence electrons. The molecule has 25 heavy (non-hydrogen) atoms. The molecule has 2 heterocycles. The van der Waals surface area contributed by atoms with Crippen LogP contribution in [-0.4, -0.2) is 27.8 Å². The molecule has 0 N–H and O–H groups in total. The third-order valence-electron chi connectivity index (χ3n) is 6.26. The number of aromatic nitrogens is 2. The van der Waals surface area contributed by atoms with Crippen LogP contribution in [0.15, 0.2) is 48.7 Å². The van der Waals surface area contributed by atoms with Crippen molar-refractivity contribution < 1.29 is 0 Å². The van der Waals surface area contributed by atoms with Gasteiger partial charge >= 0.3 is 154 Å². The molecule has 0 radical (unpaired) electrons. The summed E-state index contributed by atoms with van der Waals surface area (Å²) in [6.45, 7) is 9.40. The Kier molecular flexibility index (Phi) is 4.27. The summed E-state index contributed by atoms with van der Waals surface area (Å²) >= 11 is -2.39. The van der Waals surface area contributed by atoms with E-state index in [1.54, 1.807) is 3.58 Å². The molecule has 4 rings (SSSR count). The Morgan fingerprint density at radius 1 is 0.880 bits per heavy atom. The standard InChI is InChI=1S/C16H11N2.3C2H5.Sn/c1-11-10-17-16-14-8-3-2-6-12(14)13-7-4-5-9-15(13)18(11)16;3*1-2;/h2-7,9-10H,1H3;3*1H2,2H3;. The van der Waals surface area contributed by atoms with Crippen molar-refractivity contribution in [3.63, 3.8) is 0 Å². The number of hydrogen-bond donors (Lipinski definition) is 0. The number of imidazole rings is 1. The van der Waals surface area contributed by atoms with Crippen LogP contribution in [0.2, 0.25) is 13.3 Å². The second-order valence-electron chi connectivity index (χ2n) is 7.14. The first-order chi connectivity index (χ1) is 12.2. The van der Waals surface area contributed by atoms with Gasteiger partial charge in [0.05, 0.1) is 0 Å². The maximum atomic E-state index is 4.87. The van der Waals surface area contributed by atoms with Gasteiger partial charge in [-0.15, -0.1) is 0 Å².